The fourth-order valence-electron chi connectivity index (χ4n) is 1.98. The fourth-order valence-corrected chi connectivity index (χ4v) is 1.98. The normalized spacial score (nSPS) is 30.7. The third kappa shape index (κ3) is 1.50. The van der Waals surface area contributed by atoms with E-state index < -0.39 is 12.1 Å². The minimum atomic E-state index is -0.498. The van der Waals surface area contributed by atoms with Crippen LogP contribution in [0.4, 0.5) is 0 Å². The summed E-state index contributed by atoms with van der Waals surface area (Å²) >= 11 is 0. The minimum absolute atomic E-state index is 0.0582. The summed E-state index contributed by atoms with van der Waals surface area (Å²) in [4.78, 5) is 26.4. The summed E-state index contributed by atoms with van der Waals surface area (Å²) in [7, 11) is 0. The van der Waals surface area contributed by atoms with E-state index in [1.165, 1.54) is 4.90 Å². The van der Waals surface area contributed by atoms with E-state index in [4.69, 9.17) is 5.26 Å². The summed E-state index contributed by atoms with van der Waals surface area (Å²) in [5, 5.41) is 11.3. The van der Waals surface area contributed by atoms with Gasteiger partial charge in [-0.3, -0.25) is 9.59 Å². The van der Waals surface area contributed by atoms with Crippen LogP contribution in [0.5, 0.6) is 0 Å². The lowest BCUT2D eigenvalue weighted by molar-refractivity contribution is -0.151. The summed E-state index contributed by atoms with van der Waals surface area (Å²) in [5.74, 6) is -0.223. The largest absolute Gasteiger partial charge is 0.343 e. The maximum Gasteiger partial charge on any atom is 0.245 e. The molecular formula is C9H12N4O2. The highest BCUT2D eigenvalue weighted by Gasteiger charge is 2.41. The molecule has 0 aromatic rings. The van der Waals surface area contributed by atoms with Crippen molar-refractivity contribution in [2.45, 2.75) is 19.0 Å². The van der Waals surface area contributed by atoms with Crippen LogP contribution in [0.15, 0.2) is 0 Å². The van der Waals surface area contributed by atoms with Crippen LogP contribution in [-0.4, -0.2) is 53.3 Å². The van der Waals surface area contributed by atoms with Crippen LogP contribution in [-0.2, 0) is 9.59 Å². The molecule has 0 aliphatic carbocycles. The first-order valence-corrected chi connectivity index (χ1v) is 4.89. The van der Waals surface area contributed by atoms with Gasteiger partial charge in [0.2, 0.25) is 11.8 Å². The van der Waals surface area contributed by atoms with E-state index >= 15 is 0 Å². The summed E-state index contributed by atoms with van der Waals surface area (Å²) in [6.45, 7) is 2.95. The van der Waals surface area contributed by atoms with Crippen molar-refractivity contribution in [3.05, 3.63) is 0 Å². The van der Waals surface area contributed by atoms with Crippen molar-refractivity contribution >= 4 is 11.8 Å². The monoisotopic (exact) mass is 208 g/mol. The lowest BCUT2D eigenvalue weighted by atomic mass is 10.1. The van der Waals surface area contributed by atoms with E-state index in [1.54, 1.807) is 11.8 Å². The van der Waals surface area contributed by atoms with Gasteiger partial charge in [-0.2, -0.15) is 5.26 Å². The Hall–Kier alpha value is -1.77. The molecule has 6 nitrogen and oxygen atoms in total. The Morgan fingerprint density at radius 1 is 1.47 bits per heavy atom. The Bertz CT molecular complexity index is 349. The number of nitrogens with zero attached hydrogens (tertiary/aromatic N) is 3. The second-order valence-corrected chi connectivity index (χ2v) is 3.82. The first-order valence-electron chi connectivity index (χ1n) is 4.89. The first-order chi connectivity index (χ1) is 7.13. The van der Waals surface area contributed by atoms with Crippen LogP contribution < -0.4 is 5.32 Å². The average Bonchev–Trinajstić information content (AvgIpc) is 2.25. The standard InChI is InChI=1S/C9H12N4O2/c1-6-9(15)13-3-2-12(5-10)4-7(13)8(14)11-6/h6-7H,2-4H2,1H3,(H,11,14). The number of hydrogen-bond donors (Lipinski definition) is 1. The Labute approximate surface area is 87.4 Å². The Morgan fingerprint density at radius 3 is 2.87 bits per heavy atom. The molecule has 2 rings (SSSR count). The molecule has 0 aromatic carbocycles. The molecule has 0 saturated carbocycles. The fraction of sp³-hybridized carbons (Fsp3) is 0.667. The van der Waals surface area contributed by atoms with E-state index in [2.05, 4.69) is 5.32 Å². The van der Waals surface area contributed by atoms with Gasteiger partial charge in [-0.25, -0.2) is 0 Å². The van der Waals surface area contributed by atoms with Crippen molar-refractivity contribution in [2.75, 3.05) is 19.6 Å². The number of nitrogens with one attached hydrogen (secondary N) is 1. The number of fused-ring (bicyclic) bond motifs is 1. The van der Waals surface area contributed by atoms with Crippen LogP contribution >= 0.6 is 0 Å². The molecule has 2 fully saturated rings. The number of hydrogen-bond acceptors (Lipinski definition) is 4. The molecule has 0 spiro atoms. The second-order valence-electron chi connectivity index (χ2n) is 3.82. The molecule has 80 valence electrons. The molecule has 2 unspecified atom stereocenters. The molecule has 15 heavy (non-hydrogen) atoms. The zero-order valence-corrected chi connectivity index (χ0v) is 8.43. The van der Waals surface area contributed by atoms with Gasteiger partial charge in [-0.15, -0.1) is 0 Å². The molecule has 2 aliphatic heterocycles. The van der Waals surface area contributed by atoms with Gasteiger partial charge in [0.1, 0.15) is 12.1 Å². The van der Waals surface area contributed by atoms with Crippen molar-refractivity contribution < 1.29 is 9.59 Å². The van der Waals surface area contributed by atoms with Gasteiger partial charge in [0.05, 0.1) is 6.54 Å². The molecule has 2 heterocycles. The molecule has 2 atom stereocenters. The topological polar surface area (TPSA) is 76.4 Å². The number of carbonyl (C=O) groups excluding carboxylic acids is 2. The first kappa shape index (κ1) is 9.77. The SMILES string of the molecule is CC1NC(=O)C2CN(C#N)CCN2C1=O. The van der Waals surface area contributed by atoms with Crippen molar-refractivity contribution in [1.82, 2.24) is 15.1 Å². The third-order valence-corrected chi connectivity index (χ3v) is 2.84. The maximum atomic E-state index is 11.7. The third-order valence-electron chi connectivity index (χ3n) is 2.84. The van der Waals surface area contributed by atoms with E-state index in [0.717, 1.165) is 0 Å². The van der Waals surface area contributed by atoms with Gasteiger partial charge in [-0.05, 0) is 6.92 Å². The van der Waals surface area contributed by atoms with Crippen molar-refractivity contribution in [3.8, 4) is 6.19 Å². The van der Waals surface area contributed by atoms with Crippen LogP contribution in [0.3, 0.4) is 0 Å². The van der Waals surface area contributed by atoms with Gasteiger partial charge >= 0.3 is 0 Å². The molecular weight excluding hydrogens is 196 g/mol. The lowest BCUT2D eigenvalue weighted by Gasteiger charge is -2.43. The Kier molecular flexibility index (Phi) is 2.23. The average molecular weight is 208 g/mol. The zero-order valence-electron chi connectivity index (χ0n) is 8.43. The molecule has 2 saturated heterocycles. The number of carbonyl (C=O) groups is 2. The molecule has 6 heteroatoms. The Balaban J connectivity index is 2.18. The lowest BCUT2D eigenvalue weighted by Crippen LogP contribution is -2.68. The Morgan fingerprint density at radius 2 is 2.20 bits per heavy atom. The molecule has 2 amide bonds. The van der Waals surface area contributed by atoms with Crippen LogP contribution in [0.25, 0.3) is 0 Å². The van der Waals surface area contributed by atoms with E-state index in [1.807, 2.05) is 6.19 Å². The second kappa shape index (κ2) is 3.42. The molecule has 2 aliphatic rings. The van der Waals surface area contributed by atoms with Gasteiger partial charge in [0.25, 0.3) is 0 Å². The highest BCUT2D eigenvalue weighted by Crippen LogP contribution is 2.15. The predicted molar refractivity (Wildman–Crippen MR) is 50.3 cm³/mol. The van der Waals surface area contributed by atoms with Gasteiger partial charge < -0.3 is 15.1 Å². The van der Waals surface area contributed by atoms with E-state index in [9.17, 15) is 9.59 Å². The highest BCUT2D eigenvalue weighted by molar-refractivity contribution is 5.97. The van der Waals surface area contributed by atoms with E-state index in [-0.39, 0.29) is 11.8 Å². The highest BCUT2D eigenvalue weighted by atomic mass is 16.2. The number of piperazine rings is 2. The molecule has 0 radical (unpaired) electrons. The minimum Gasteiger partial charge on any atom is -0.343 e. The van der Waals surface area contributed by atoms with Gasteiger partial charge in [-0.1, -0.05) is 0 Å². The summed E-state index contributed by atoms with van der Waals surface area (Å²) in [6, 6.07) is -0.940. The zero-order chi connectivity index (χ0) is 11.0. The van der Waals surface area contributed by atoms with Crippen LogP contribution in [0.2, 0.25) is 0 Å². The van der Waals surface area contributed by atoms with Crippen LogP contribution in [0, 0.1) is 11.5 Å². The quantitative estimate of drug-likeness (QED) is 0.491. The van der Waals surface area contributed by atoms with E-state index in [0.29, 0.717) is 19.6 Å². The van der Waals surface area contributed by atoms with Crippen molar-refractivity contribution in [3.63, 3.8) is 0 Å². The molecule has 0 aromatic heterocycles. The molecule has 0 bridgehead atoms. The van der Waals surface area contributed by atoms with Crippen molar-refractivity contribution in [2.24, 2.45) is 0 Å². The number of amides is 2. The predicted octanol–water partition coefficient (Wildman–Crippen LogP) is -1.50. The number of rotatable bonds is 0. The van der Waals surface area contributed by atoms with Crippen molar-refractivity contribution in [1.29, 1.82) is 5.26 Å². The summed E-state index contributed by atoms with van der Waals surface area (Å²) < 4.78 is 0. The summed E-state index contributed by atoms with van der Waals surface area (Å²) in [5.41, 5.74) is 0. The molecule has 1 N–H and O–H groups in total. The smallest absolute Gasteiger partial charge is 0.245 e. The van der Waals surface area contributed by atoms with Crippen LogP contribution in [0.1, 0.15) is 6.92 Å². The maximum absolute atomic E-state index is 11.7. The summed E-state index contributed by atoms with van der Waals surface area (Å²) in [6.07, 6.45) is 2.00. The van der Waals surface area contributed by atoms with Gasteiger partial charge in [0.15, 0.2) is 6.19 Å². The number of nitriles is 1. The van der Waals surface area contributed by atoms with Gasteiger partial charge in [0, 0.05) is 13.1 Å².